The summed E-state index contributed by atoms with van der Waals surface area (Å²) < 4.78 is 5.09. The van der Waals surface area contributed by atoms with Gasteiger partial charge in [0.15, 0.2) is 0 Å². The summed E-state index contributed by atoms with van der Waals surface area (Å²) in [5.41, 5.74) is 0. The summed E-state index contributed by atoms with van der Waals surface area (Å²) in [7, 11) is 3.49. The summed E-state index contributed by atoms with van der Waals surface area (Å²) in [6, 6.07) is 7.89. The molecule has 0 N–H and O–H groups in total. The lowest BCUT2D eigenvalue weighted by Crippen LogP contribution is -2.26. The molecular formula is C13H19NO2S. The second-order valence-corrected chi connectivity index (χ2v) is 4.85. The van der Waals surface area contributed by atoms with Crippen LogP contribution >= 0.6 is 11.8 Å². The third kappa shape index (κ3) is 4.69. The summed E-state index contributed by atoms with van der Waals surface area (Å²) in [6.07, 6.45) is 0.584. The van der Waals surface area contributed by atoms with Crippen LogP contribution in [0.15, 0.2) is 29.2 Å². The Hall–Kier alpha value is -1.16. The van der Waals surface area contributed by atoms with Crippen molar-refractivity contribution in [1.29, 1.82) is 0 Å². The van der Waals surface area contributed by atoms with E-state index in [-0.39, 0.29) is 5.91 Å². The van der Waals surface area contributed by atoms with Gasteiger partial charge in [-0.05, 0) is 31.2 Å². The van der Waals surface area contributed by atoms with E-state index >= 15 is 0 Å². The Bertz CT molecular complexity index is 351. The van der Waals surface area contributed by atoms with Crippen LogP contribution in [-0.2, 0) is 4.79 Å². The second-order valence-electron chi connectivity index (χ2n) is 3.68. The number of benzene rings is 1. The molecule has 0 saturated carbocycles. The van der Waals surface area contributed by atoms with Gasteiger partial charge in [-0.15, -0.1) is 11.8 Å². The van der Waals surface area contributed by atoms with Gasteiger partial charge in [0, 0.05) is 30.7 Å². The van der Waals surface area contributed by atoms with Gasteiger partial charge in [-0.3, -0.25) is 4.79 Å². The van der Waals surface area contributed by atoms with Gasteiger partial charge in [0.05, 0.1) is 7.11 Å². The molecule has 0 bridgehead atoms. The molecule has 1 amide bonds. The van der Waals surface area contributed by atoms with E-state index in [0.717, 1.165) is 22.9 Å². The Morgan fingerprint density at radius 3 is 2.53 bits per heavy atom. The molecule has 0 aliphatic heterocycles. The van der Waals surface area contributed by atoms with Gasteiger partial charge in [-0.1, -0.05) is 0 Å². The number of hydrogen-bond acceptors (Lipinski definition) is 3. The van der Waals surface area contributed by atoms with E-state index < -0.39 is 0 Å². The van der Waals surface area contributed by atoms with E-state index in [4.69, 9.17) is 4.74 Å². The van der Waals surface area contributed by atoms with Crippen LogP contribution in [0.2, 0.25) is 0 Å². The lowest BCUT2D eigenvalue weighted by Gasteiger charge is -2.13. The minimum atomic E-state index is 0.202. The van der Waals surface area contributed by atoms with E-state index in [2.05, 4.69) is 0 Å². The van der Waals surface area contributed by atoms with E-state index in [9.17, 15) is 4.79 Å². The highest BCUT2D eigenvalue weighted by Crippen LogP contribution is 2.21. The van der Waals surface area contributed by atoms with E-state index in [1.807, 2.05) is 38.2 Å². The average Bonchev–Trinajstić information content (AvgIpc) is 2.38. The molecule has 3 nitrogen and oxygen atoms in total. The maximum Gasteiger partial charge on any atom is 0.223 e. The molecule has 0 unspecified atom stereocenters. The second kappa shape index (κ2) is 7.22. The van der Waals surface area contributed by atoms with E-state index in [0.29, 0.717) is 6.42 Å². The molecule has 1 aromatic carbocycles. The smallest absolute Gasteiger partial charge is 0.223 e. The summed E-state index contributed by atoms with van der Waals surface area (Å²) >= 11 is 1.69. The quantitative estimate of drug-likeness (QED) is 0.730. The van der Waals surface area contributed by atoms with Crippen molar-refractivity contribution in [3.05, 3.63) is 24.3 Å². The SMILES string of the molecule is CCN(C)C(=O)CCSc1ccc(OC)cc1. The number of rotatable bonds is 6. The highest BCUT2D eigenvalue weighted by atomic mass is 32.2. The highest BCUT2D eigenvalue weighted by molar-refractivity contribution is 7.99. The van der Waals surface area contributed by atoms with Crippen molar-refractivity contribution in [2.75, 3.05) is 26.5 Å². The van der Waals surface area contributed by atoms with Crippen molar-refractivity contribution in [3.8, 4) is 5.75 Å². The summed E-state index contributed by atoms with van der Waals surface area (Å²) in [5.74, 6) is 1.87. The molecule has 0 aromatic heterocycles. The molecule has 0 spiro atoms. The summed E-state index contributed by atoms with van der Waals surface area (Å²) in [4.78, 5) is 14.5. The minimum absolute atomic E-state index is 0.202. The number of nitrogens with zero attached hydrogens (tertiary/aromatic N) is 1. The van der Waals surface area contributed by atoms with Gasteiger partial charge in [0.1, 0.15) is 5.75 Å². The number of thioether (sulfide) groups is 1. The fourth-order valence-electron chi connectivity index (χ4n) is 1.30. The van der Waals surface area contributed by atoms with Gasteiger partial charge in [-0.25, -0.2) is 0 Å². The number of hydrogen-bond donors (Lipinski definition) is 0. The zero-order valence-corrected chi connectivity index (χ0v) is 11.4. The van der Waals surface area contributed by atoms with Crippen molar-refractivity contribution in [2.45, 2.75) is 18.2 Å². The molecule has 0 aliphatic rings. The first-order valence-electron chi connectivity index (χ1n) is 5.68. The van der Waals surface area contributed by atoms with Crippen LogP contribution < -0.4 is 4.74 Å². The van der Waals surface area contributed by atoms with E-state index in [1.165, 1.54) is 0 Å². The average molecular weight is 253 g/mol. The third-order valence-corrected chi connectivity index (χ3v) is 3.56. The number of carbonyl (C=O) groups is 1. The molecule has 0 saturated heterocycles. The van der Waals surface area contributed by atoms with Crippen LogP contribution in [0.3, 0.4) is 0 Å². The summed E-state index contributed by atoms with van der Waals surface area (Å²) in [5, 5.41) is 0. The maximum absolute atomic E-state index is 11.6. The Morgan fingerprint density at radius 2 is 2.00 bits per heavy atom. The van der Waals surface area contributed by atoms with Gasteiger partial charge in [-0.2, -0.15) is 0 Å². The molecule has 0 fully saturated rings. The van der Waals surface area contributed by atoms with Gasteiger partial charge in [0.2, 0.25) is 5.91 Å². The fourth-order valence-corrected chi connectivity index (χ4v) is 2.14. The molecule has 0 atom stereocenters. The number of ether oxygens (including phenoxy) is 1. The van der Waals surface area contributed by atoms with Gasteiger partial charge < -0.3 is 9.64 Å². The van der Waals surface area contributed by atoms with Crippen LogP contribution in [0.4, 0.5) is 0 Å². The van der Waals surface area contributed by atoms with Crippen molar-refractivity contribution in [3.63, 3.8) is 0 Å². The van der Waals surface area contributed by atoms with Crippen molar-refractivity contribution >= 4 is 17.7 Å². The number of methoxy groups -OCH3 is 1. The molecule has 0 heterocycles. The molecule has 1 aromatic rings. The zero-order valence-electron chi connectivity index (χ0n) is 10.6. The van der Waals surface area contributed by atoms with Gasteiger partial charge in [0.25, 0.3) is 0 Å². The van der Waals surface area contributed by atoms with Crippen LogP contribution in [0.25, 0.3) is 0 Å². The number of carbonyl (C=O) groups excluding carboxylic acids is 1. The minimum Gasteiger partial charge on any atom is -0.497 e. The highest BCUT2D eigenvalue weighted by Gasteiger charge is 2.06. The first kappa shape index (κ1) is 13.9. The largest absolute Gasteiger partial charge is 0.497 e. The third-order valence-electron chi connectivity index (χ3n) is 2.54. The van der Waals surface area contributed by atoms with Crippen LogP contribution in [0, 0.1) is 0 Å². The Balaban J connectivity index is 2.33. The lowest BCUT2D eigenvalue weighted by molar-refractivity contribution is -0.129. The monoisotopic (exact) mass is 253 g/mol. The molecule has 4 heteroatoms. The lowest BCUT2D eigenvalue weighted by atomic mass is 10.3. The van der Waals surface area contributed by atoms with Crippen LogP contribution in [0.5, 0.6) is 5.75 Å². The molecule has 0 aliphatic carbocycles. The van der Waals surface area contributed by atoms with Crippen molar-refractivity contribution in [1.82, 2.24) is 4.90 Å². The van der Waals surface area contributed by atoms with Crippen molar-refractivity contribution < 1.29 is 9.53 Å². The van der Waals surface area contributed by atoms with E-state index in [1.54, 1.807) is 23.8 Å². The summed E-state index contributed by atoms with van der Waals surface area (Å²) in [6.45, 7) is 2.75. The maximum atomic E-state index is 11.6. The predicted octanol–water partition coefficient (Wildman–Crippen LogP) is 2.66. The molecular weight excluding hydrogens is 234 g/mol. The predicted molar refractivity (Wildman–Crippen MR) is 71.6 cm³/mol. The van der Waals surface area contributed by atoms with Crippen LogP contribution in [-0.4, -0.2) is 37.3 Å². The first-order chi connectivity index (χ1) is 8.17. The normalized spacial score (nSPS) is 10.1. The zero-order chi connectivity index (χ0) is 12.7. The first-order valence-corrected chi connectivity index (χ1v) is 6.66. The van der Waals surface area contributed by atoms with Gasteiger partial charge >= 0.3 is 0 Å². The Morgan fingerprint density at radius 1 is 1.35 bits per heavy atom. The molecule has 94 valence electrons. The fraction of sp³-hybridized carbons (Fsp3) is 0.462. The number of amides is 1. The Labute approximate surface area is 107 Å². The Kier molecular flexibility index (Phi) is 5.91. The molecule has 17 heavy (non-hydrogen) atoms. The topological polar surface area (TPSA) is 29.5 Å². The molecule has 0 radical (unpaired) electrons. The van der Waals surface area contributed by atoms with Crippen molar-refractivity contribution in [2.24, 2.45) is 0 Å². The molecule has 1 rings (SSSR count). The van der Waals surface area contributed by atoms with Crippen LogP contribution in [0.1, 0.15) is 13.3 Å². The standard InChI is InChI=1S/C13H19NO2S/c1-4-14(2)13(15)9-10-17-12-7-5-11(16-3)6-8-12/h5-8H,4,9-10H2,1-3H3.